The molecule has 1 atom stereocenters. The van der Waals surface area contributed by atoms with E-state index in [4.69, 9.17) is 0 Å². The fraction of sp³-hybridized carbons (Fsp3) is 0.385. The van der Waals surface area contributed by atoms with E-state index >= 15 is 0 Å². The number of aromatic amines is 1. The second-order valence-corrected chi connectivity index (χ2v) is 5.72. The number of benzene rings is 1. The molecule has 17 heavy (non-hydrogen) atoms. The van der Waals surface area contributed by atoms with Crippen molar-refractivity contribution in [1.82, 2.24) is 10.3 Å². The van der Waals surface area contributed by atoms with E-state index in [-0.39, 0.29) is 0 Å². The van der Waals surface area contributed by atoms with E-state index in [2.05, 4.69) is 34.6 Å². The van der Waals surface area contributed by atoms with Crippen molar-refractivity contribution in [3.05, 3.63) is 36.0 Å². The molecule has 92 valence electrons. The van der Waals surface area contributed by atoms with Crippen LogP contribution < -0.4 is 5.32 Å². The minimum absolute atomic E-state index is 0.674. The topological polar surface area (TPSA) is 44.9 Å². The molecule has 0 aliphatic heterocycles. The van der Waals surface area contributed by atoms with Crippen LogP contribution in [0.3, 0.4) is 0 Å². The third-order valence-electron chi connectivity index (χ3n) is 2.79. The monoisotopic (exact) mass is 250 g/mol. The van der Waals surface area contributed by atoms with Crippen LogP contribution in [0, 0.1) is 0 Å². The molecular formula is C13H18N2OS. The molecule has 1 unspecified atom stereocenters. The first-order chi connectivity index (χ1) is 8.27. The first kappa shape index (κ1) is 12.3. The Kier molecular flexibility index (Phi) is 4.34. The Morgan fingerprint density at radius 1 is 1.35 bits per heavy atom. The second-order valence-electron chi connectivity index (χ2n) is 4.16. The zero-order chi connectivity index (χ0) is 12.1. The van der Waals surface area contributed by atoms with Crippen LogP contribution in [0.5, 0.6) is 0 Å². The molecule has 3 nitrogen and oxygen atoms in total. The highest BCUT2D eigenvalue weighted by atomic mass is 32.2. The zero-order valence-corrected chi connectivity index (χ0v) is 10.8. The van der Waals surface area contributed by atoms with Crippen LogP contribution in [0.25, 0.3) is 10.9 Å². The van der Waals surface area contributed by atoms with Gasteiger partial charge in [-0.15, -0.1) is 0 Å². The molecule has 0 amide bonds. The molecule has 1 aromatic heterocycles. The molecule has 0 saturated heterocycles. The van der Waals surface area contributed by atoms with Crippen molar-refractivity contribution < 1.29 is 4.21 Å². The highest BCUT2D eigenvalue weighted by molar-refractivity contribution is 7.84. The van der Waals surface area contributed by atoms with Gasteiger partial charge in [-0.25, -0.2) is 0 Å². The molecule has 2 N–H and O–H groups in total. The summed E-state index contributed by atoms with van der Waals surface area (Å²) < 4.78 is 10.9. The van der Waals surface area contributed by atoms with Gasteiger partial charge in [0, 0.05) is 46.5 Å². The molecule has 2 aromatic rings. The zero-order valence-electron chi connectivity index (χ0n) is 10.0. The lowest BCUT2D eigenvalue weighted by Gasteiger charge is -2.05. The fourth-order valence-corrected chi connectivity index (χ4v) is 2.48. The van der Waals surface area contributed by atoms with Gasteiger partial charge >= 0.3 is 0 Å². The molecule has 4 heteroatoms. The van der Waals surface area contributed by atoms with Crippen molar-refractivity contribution in [3.63, 3.8) is 0 Å². The summed E-state index contributed by atoms with van der Waals surface area (Å²) >= 11 is 0. The highest BCUT2D eigenvalue weighted by Gasteiger charge is 2.00. The number of H-pyrrole nitrogens is 1. The van der Waals surface area contributed by atoms with E-state index in [9.17, 15) is 4.21 Å². The quantitative estimate of drug-likeness (QED) is 0.770. The molecule has 0 spiro atoms. The van der Waals surface area contributed by atoms with Crippen LogP contribution >= 0.6 is 0 Å². The Morgan fingerprint density at radius 3 is 3.06 bits per heavy atom. The SMILES string of the molecule is CS(=O)CCCNCc1cccc2[nH]ccc12. The number of aromatic nitrogens is 1. The van der Waals surface area contributed by atoms with E-state index in [0.29, 0.717) is 0 Å². The molecule has 0 aliphatic carbocycles. The molecule has 0 saturated carbocycles. The van der Waals surface area contributed by atoms with Crippen molar-refractivity contribution >= 4 is 21.7 Å². The standard InChI is InChI=1S/C13H18N2OS/c1-17(16)9-3-7-14-10-11-4-2-5-13-12(11)6-8-15-13/h2,4-6,8,14-15H,3,7,9-10H2,1H3. The largest absolute Gasteiger partial charge is 0.361 e. The lowest BCUT2D eigenvalue weighted by molar-refractivity contribution is 0.663. The van der Waals surface area contributed by atoms with Gasteiger partial charge in [-0.05, 0) is 30.7 Å². The van der Waals surface area contributed by atoms with Crippen LogP contribution in [-0.4, -0.2) is 27.7 Å². The van der Waals surface area contributed by atoms with Gasteiger partial charge in [-0.3, -0.25) is 4.21 Å². The molecule has 2 rings (SSSR count). The van der Waals surface area contributed by atoms with Gasteiger partial charge in [0.2, 0.25) is 0 Å². The van der Waals surface area contributed by atoms with Gasteiger partial charge in [-0.1, -0.05) is 12.1 Å². The van der Waals surface area contributed by atoms with Crippen molar-refractivity contribution in [2.75, 3.05) is 18.6 Å². The van der Waals surface area contributed by atoms with Crippen LogP contribution in [0.15, 0.2) is 30.5 Å². The highest BCUT2D eigenvalue weighted by Crippen LogP contribution is 2.16. The lowest BCUT2D eigenvalue weighted by atomic mass is 10.1. The first-order valence-corrected chi connectivity index (χ1v) is 7.56. The van der Waals surface area contributed by atoms with E-state index < -0.39 is 10.8 Å². The molecule has 1 heterocycles. The Hall–Kier alpha value is -1.13. The fourth-order valence-electron chi connectivity index (χ4n) is 1.93. The lowest BCUT2D eigenvalue weighted by Crippen LogP contribution is -2.16. The number of nitrogens with one attached hydrogen (secondary N) is 2. The Labute approximate surface area is 104 Å². The smallest absolute Gasteiger partial charge is 0.0457 e. The minimum Gasteiger partial charge on any atom is -0.361 e. The van der Waals surface area contributed by atoms with Gasteiger partial charge in [-0.2, -0.15) is 0 Å². The van der Waals surface area contributed by atoms with E-state index in [0.717, 1.165) is 25.3 Å². The summed E-state index contributed by atoms with van der Waals surface area (Å²) in [5.74, 6) is 0.779. The van der Waals surface area contributed by atoms with Crippen LogP contribution in [-0.2, 0) is 17.3 Å². The summed E-state index contributed by atoms with van der Waals surface area (Å²) in [4.78, 5) is 3.21. The maximum absolute atomic E-state index is 10.9. The van der Waals surface area contributed by atoms with Crippen molar-refractivity contribution in [3.8, 4) is 0 Å². The average Bonchev–Trinajstić information content (AvgIpc) is 2.77. The summed E-state index contributed by atoms with van der Waals surface area (Å²) in [6, 6.07) is 8.39. The second kappa shape index (κ2) is 5.98. The van der Waals surface area contributed by atoms with E-state index in [1.165, 1.54) is 16.5 Å². The summed E-state index contributed by atoms with van der Waals surface area (Å²) in [7, 11) is -0.674. The summed E-state index contributed by atoms with van der Waals surface area (Å²) in [6.45, 7) is 1.78. The van der Waals surface area contributed by atoms with Gasteiger partial charge < -0.3 is 10.3 Å². The van der Waals surface area contributed by atoms with Crippen molar-refractivity contribution in [2.24, 2.45) is 0 Å². The van der Waals surface area contributed by atoms with Gasteiger partial charge in [0.25, 0.3) is 0 Å². The Balaban J connectivity index is 1.86. The maximum Gasteiger partial charge on any atom is 0.0457 e. The summed E-state index contributed by atoms with van der Waals surface area (Å²) in [5, 5.41) is 4.67. The summed E-state index contributed by atoms with van der Waals surface area (Å²) in [6.07, 6.45) is 4.68. The molecule has 0 radical (unpaired) electrons. The third kappa shape index (κ3) is 3.41. The minimum atomic E-state index is -0.674. The third-order valence-corrected chi connectivity index (χ3v) is 3.65. The van der Waals surface area contributed by atoms with Gasteiger partial charge in [0.1, 0.15) is 0 Å². The molecule has 1 aromatic carbocycles. The van der Waals surface area contributed by atoms with E-state index in [1.54, 1.807) is 6.26 Å². The van der Waals surface area contributed by atoms with Gasteiger partial charge in [0.15, 0.2) is 0 Å². The normalized spacial score (nSPS) is 13.0. The predicted molar refractivity (Wildman–Crippen MR) is 73.6 cm³/mol. The Morgan fingerprint density at radius 2 is 2.24 bits per heavy atom. The van der Waals surface area contributed by atoms with Crippen LogP contribution in [0.4, 0.5) is 0 Å². The molecule has 0 aliphatic rings. The van der Waals surface area contributed by atoms with E-state index in [1.807, 2.05) is 6.20 Å². The number of rotatable bonds is 6. The van der Waals surface area contributed by atoms with Gasteiger partial charge in [0.05, 0.1) is 0 Å². The van der Waals surface area contributed by atoms with Crippen LogP contribution in [0.2, 0.25) is 0 Å². The molecule has 0 bridgehead atoms. The van der Waals surface area contributed by atoms with Crippen molar-refractivity contribution in [1.29, 1.82) is 0 Å². The van der Waals surface area contributed by atoms with Crippen LogP contribution in [0.1, 0.15) is 12.0 Å². The number of hydrogen-bond acceptors (Lipinski definition) is 2. The van der Waals surface area contributed by atoms with Crippen molar-refractivity contribution in [2.45, 2.75) is 13.0 Å². The molecule has 0 fully saturated rings. The first-order valence-electron chi connectivity index (χ1n) is 5.83. The Bertz CT molecular complexity index is 507. The molecular weight excluding hydrogens is 232 g/mol. The number of hydrogen-bond donors (Lipinski definition) is 2. The average molecular weight is 250 g/mol. The predicted octanol–water partition coefficient (Wildman–Crippen LogP) is 2.03. The summed E-state index contributed by atoms with van der Waals surface area (Å²) in [5.41, 5.74) is 2.49. The maximum atomic E-state index is 10.9. The number of fused-ring (bicyclic) bond motifs is 1.